The van der Waals surface area contributed by atoms with Crippen LogP contribution >= 0.6 is 0 Å². The molecule has 0 saturated carbocycles. The van der Waals surface area contributed by atoms with Gasteiger partial charge in [-0.15, -0.1) is 0 Å². The van der Waals surface area contributed by atoms with Gasteiger partial charge >= 0.3 is 0 Å². The van der Waals surface area contributed by atoms with Crippen molar-refractivity contribution in [1.82, 2.24) is 19.9 Å². The molecule has 4 aromatic heterocycles. The molecule has 8 bridgehead atoms. The molecular weight excluding hydrogens is 550 g/mol. The summed E-state index contributed by atoms with van der Waals surface area (Å²) in [5, 5.41) is 0. The number of aromatic amines is 2. The molecule has 0 radical (unpaired) electrons. The Morgan fingerprint density at radius 1 is 0.533 bits per heavy atom. The van der Waals surface area contributed by atoms with Crippen molar-refractivity contribution in [2.24, 2.45) is 7.05 Å². The number of aromatic nitrogens is 5. The Morgan fingerprint density at radius 3 is 1.58 bits per heavy atom. The average Bonchev–Trinajstić information content (AvgIpc) is 3.90. The number of H-pyrrole nitrogens is 2. The third-order valence-corrected chi connectivity index (χ3v) is 8.07. The number of nitrogens with zero attached hydrogens (tertiary/aromatic N) is 3. The third-order valence-electron chi connectivity index (χ3n) is 8.07. The molecule has 5 nitrogen and oxygen atoms in total. The van der Waals surface area contributed by atoms with Crippen LogP contribution in [0.1, 0.15) is 34.0 Å². The zero-order valence-corrected chi connectivity index (χ0v) is 24.6. The van der Waals surface area contributed by atoms with Crippen LogP contribution in [0.3, 0.4) is 0 Å². The number of hydrogen-bond donors (Lipinski definition) is 2. The standard InChI is InChI=1S/C40H27N5/c1-45-25-9-8-14-31(45)17-18-32-33-21-23-37(43-33)39(27-10-4-2-5-11-27)35-19-15-29(41-35)26-30-16-20-36(42-30)40(28-12-6-3-7-13-28)38-24-22-34(32)44-38/h2-16,19-26H,1H3,(H,41,42,43,44)/p+1. The summed E-state index contributed by atoms with van der Waals surface area (Å²) in [6, 6.07) is 37.4. The molecular formula is C40H28N5+. The van der Waals surface area contributed by atoms with E-state index in [0.29, 0.717) is 0 Å². The minimum Gasteiger partial charge on any atom is -0.355 e. The van der Waals surface area contributed by atoms with Crippen LogP contribution in [0.5, 0.6) is 0 Å². The van der Waals surface area contributed by atoms with Gasteiger partial charge in [0.25, 0.3) is 5.69 Å². The van der Waals surface area contributed by atoms with E-state index in [-0.39, 0.29) is 0 Å². The lowest BCUT2D eigenvalue weighted by atomic mass is 10.0. The average molecular weight is 579 g/mol. The highest BCUT2D eigenvalue weighted by Crippen LogP contribution is 2.33. The molecule has 0 aliphatic carbocycles. The summed E-state index contributed by atoms with van der Waals surface area (Å²) < 4.78 is 2.02. The maximum Gasteiger partial charge on any atom is 0.256 e. The lowest BCUT2D eigenvalue weighted by Crippen LogP contribution is -2.31. The van der Waals surface area contributed by atoms with Crippen molar-refractivity contribution in [2.45, 2.75) is 0 Å². The van der Waals surface area contributed by atoms with Gasteiger partial charge in [-0.25, -0.2) is 9.97 Å². The monoisotopic (exact) mass is 578 g/mol. The van der Waals surface area contributed by atoms with E-state index in [2.05, 4.69) is 113 Å². The van der Waals surface area contributed by atoms with Crippen LogP contribution in [0, 0.1) is 11.8 Å². The molecule has 0 amide bonds. The van der Waals surface area contributed by atoms with Gasteiger partial charge in [0.05, 0.1) is 28.3 Å². The quantitative estimate of drug-likeness (QED) is 0.160. The Hall–Kier alpha value is -6.25. The number of aryl methyl sites for hydroxylation is 1. The molecule has 0 unspecified atom stereocenters. The predicted molar refractivity (Wildman–Crippen MR) is 183 cm³/mol. The highest BCUT2D eigenvalue weighted by Gasteiger charge is 2.17. The summed E-state index contributed by atoms with van der Waals surface area (Å²) >= 11 is 0. The SMILES string of the molecule is C[n+]1ccccc1C#Cc1c2nc(c(-c3ccccc3)c3ccc(cc4ccc([nH]4)c(-c4ccccc4)c4nc1C=C4)[nH]3)C=C2. The Labute approximate surface area is 261 Å². The maximum atomic E-state index is 5.20. The number of nitrogens with one attached hydrogen (secondary N) is 2. The maximum absolute atomic E-state index is 5.20. The van der Waals surface area contributed by atoms with Gasteiger partial charge in [-0.2, -0.15) is 4.57 Å². The molecule has 8 rings (SSSR count). The molecule has 0 atom stereocenters. The molecule has 6 heterocycles. The normalized spacial score (nSPS) is 11.8. The molecule has 2 aliphatic rings. The first-order valence-corrected chi connectivity index (χ1v) is 14.9. The van der Waals surface area contributed by atoms with Crippen molar-refractivity contribution >= 4 is 46.4 Å². The van der Waals surface area contributed by atoms with Gasteiger partial charge in [0.2, 0.25) is 0 Å². The van der Waals surface area contributed by atoms with Gasteiger partial charge in [0, 0.05) is 51.2 Å². The second-order valence-corrected chi connectivity index (χ2v) is 11.0. The summed E-state index contributed by atoms with van der Waals surface area (Å²) in [6.45, 7) is 0. The Morgan fingerprint density at radius 2 is 1.04 bits per heavy atom. The first-order chi connectivity index (χ1) is 22.2. The molecule has 0 fully saturated rings. The van der Waals surface area contributed by atoms with Gasteiger partial charge in [-0.1, -0.05) is 66.6 Å². The van der Waals surface area contributed by atoms with Crippen LogP contribution < -0.4 is 4.57 Å². The van der Waals surface area contributed by atoms with Gasteiger partial charge in [-0.3, -0.25) is 0 Å². The number of benzene rings is 2. The minimum absolute atomic E-state index is 0.774. The number of pyridine rings is 1. The molecule has 6 aromatic rings. The van der Waals surface area contributed by atoms with Crippen molar-refractivity contribution < 1.29 is 4.57 Å². The fourth-order valence-electron chi connectivity index (χ4n) is 5.86. The molecule has 45 heavy (non-hydrogen) atoms. The Kier molecular flexibility index (Phi) is 6.51. The first kappa shape index (κ1) is 26.4. The lowest BCUT2D eigenvalue weighted by Gasteiger charge is -2.04. The largest absolute Gasteiger partial charge is 0.355 e. The van der Waals surface area contributed by atoms with Crippen LogP contribution in [0.4, 0.5) is 0 Å². The highest BCUT2D eigenvalue weighted by atomic mass is 14.9. The van der Waals surface area contributed by atoms with Gasteiger partial charge in [0.1, 0.15) is 7.05 Å². The Balaban J connectivity index is 1.51. The smallest absolute Gasteiger partial charge is 0.256 e. The second kappa shape index (κ2) is 11.1. The predicted octanol–water partition coefficient (Wildman–Crippen LogP) is 8.21. The van der Waals surface area contributed by atoms with Gasteiger partial charge < -0.3 is 9.97 Å². The van der Waals surface area contributed by atoms with Crippen LogP contribution in [-0.2, 0) is 7.05 Å². The fraction of sp³-hybridized carbons (Fsp3) is 0.0250. The summed E-state index contributed by atoms with van der Waals surface area (Å²) in [5.41, 5.74) is 13.2. The molecule has 2 aromatic carbocycles. The van der Waals surface area contributed by atoms with E-state index >= 15 is 0 Å². The van der Waals surface area contributed by atoms with E-state index in [0.717, 1.165) is 78.4 Å². The number of rotatable bonds is 2. The summed E-state index contributed by atoms with van der Waals surface area (Å²) in [4.78, 5) is 17.7. The van der Waals surface area contributed by atoms with E-state index in [4.69, 9.17) is 9.97 Å². The van der Waals surface area contributed by atoms with E-state index in [1.165, 1.54) is 0 Å². The van der Waals surface area contributed by atoms with Crippen LogP contribution in [0.2, 0.25) is 0 Å². The van der Waals surface area contributed by atoms with Crippen LogP contribution in [0.15, 0.2) is 115 Å². The van der Waals surface area contributed by atoms with E-state index in [1.807, 2.05) is 60.3 Å². The summed E-state index contributed by atoms with van der Waals surface area (Å²) in [7, 11) is 2.00. The highest BCUT2D eigenvalue weighted by molar-refractivity contribution is 5.94. The van der Waals surface area contributed by atoms with E-state index < -0.39 is 0 Å². The van der Waals surface area contributed by atoms with Gasteiger partial charge in [-0.05, 0) is 71.8 Å². The van der Waals surface area contributed by atoms with Gasteiger partial charge in [0.15, 0.2) is 6.20 Å². The Bertz CT molecular complexity index is 2250. The lowest BCUT2D eigenvalue weighted by molar-refractivity contribution is -0.673. The fourth-order valence-corrected chi connectivity index (χ4v) is 5.86. The first-order valence-electron chi connectivity index (χ1n) is 14.9. The zero-order chi connectivity index (χ0) is 30.2. The van der Waals surface area contributed by atoms with Crippen molar-refractivity contribution in [3.8, 4) is 34.1 Å². The molecule has 0 spiro atoms. The molecule has 212 valence electrons. The third kappa shape index (κ3) is 5.05. The van der Waals surface area contributed by atoms with Crippen LogP contribution in [0.25, 0.3) is 68.6 Å². The molecule has 5 heteroatoms. The van der Waals surface area contributed by atoms with E-state index in [1.54, 1.807) is 0 Å². The zero-order valence-electron chi connectivity index (χ0n) is 24.6. The molecule has 2 aliphatic heterocycles. The number of fused-ring (bicyclic) bond motifs is 8. The van der Waals surface area contributed by atoms with Crippen molar-refractivity contribution in [2.75, 3.05) is 0 Å². The second-order valence-electron chi connectivity index (χ2n) is 11.0. The van der Waals surface area contributed by atoms with Crippen molar-refractivity contribution in [1.29, 1.82) is 0 Å². The minimum atomic E-state index is 0.774. The summed E-state index contributed by atoms with van der Waals surface area (Å²) in [5.74, 6) is 6.85. The molecule has 2 N–H and O–H groups in total. The van der Waals surface area contributed by atoms with E-state index in [9.17, 15) is 0 Å². The van der Waals surface area contributed by atoms with Crippen molar-refractivity contribution in [3.63, 3.8) is 0 Å². The van der Waals surface area contributed by atoms with Crippen LogP contribution in [-0.4, -0.2) is 19.9 Å². The number of hydrogen-bond acceptors (Lipinski definition) is 2. The topological polar surface area (TPSA) is 61.2 Å². The molecule has 0 saturated heterocycles. The van der Waals surface area contributed by atoms with Crippen molar-refractivity contribution in [3.05, 3.63) is 149 Å². The summed E-state index contributed by atoms with van der Waals surface area (Å²) in [6.07, 6.45) is 10.3.